The maximum absolute atomic E-state index is 10.7. The predicted octanol–water partition coefficient (Wildman–Crippen LogP) is 5.07. The van der Waals surface area contributed by atoms with Crippen LogP contribution in [0.5, 0.6) is 11.5 Å². The molecule has 31 heavy (non-hydrogen) atoms. The maximum Gasteiger partial charge on any atom is 0.303 e. The first-order valence-corrected chi connectivity index (χ1v) is 11.5. The number of hydrogen-bond donors (Lipinski definition) is 1. The molecule has 0 amide bonds. The number of likely N-dealkylation sites (tertiary alicyclic amines) is 1. The molecule has 1 saturated heterocycles. The van der Waals surface area contributed by atoms with E-state index in [1.54, 1.807) is 0 Å². The first kappa shape index (κ1) is 22.0. The van der Waals surface area contributed by atoms with E-state index in [2.05, 4.69) is 24.0 Å². The number of fused-ring (bicyclic) bond motifs is 2. The summed E-state index contributed by atoms with van der Waals surface area (Å²) < 4.78 is 12.2. The molecule has 2 aromatic carbocycles. The van der Waals surface area contributed by atoms with Gasteiger partial charge in [-0.15, -0.1) is 0 Å². The van der Waals surface area contributed by atoms with Crippen molar-refractivity contribution in [2.24, 2.45) is 0 Å². The highest BCUT2D eigenvalue weighted by atomic mass is 35.5. The van der Waals surface area contributed by atoms with Crippen molar-refractivity contribution in [2.45, 2.75) is 51.0 Å². The summed E-state index contributed by atoms with van der Waals surface area (Å²) >= 11 is 6.39. The molecule has 0 atom stereocenters. The molecule has 4 rings (SSSR count). The molecule has 1 spiro atoms. The summed E-state index contributed by atoms with van der Waals surface area (Å²) in [5.41, 5.74) is 3.59. The van der Waals surface area contributed by atoms with Crippen LogP contribution in [0.4, 0.5) is 0 Å². The normalized spacial score (nSPS) is 17.4. The zero-order chi connectivity index (χ0) is 21.8. The van der Waals surface area contributed by atoms with Crippen molar-refractivity contribution in [1.82, 2.24) is 4.90 Å². The van der Waals surface area contributed by atoms with E-state index in [1.807, 2.05) is 24.3 Å². The molecule has 166 valence electrons. The first-order valence-electron chi connectivity index (χ1n) is 11.1. The second kappa shape index (κ2) is 9.49. The summed E-state index contributed by atoms with van der Waals surface area (Å²) in [5.74, 6) is 1.00. The SMILES string of the molecule is CCc1cccc(Cl)c1COc1ccc2c(c1)OCC21CCN(CCCC(=O)O)CC1. The Kier molecular flexibility index (Phi) is 6.73. The number of rotatable bonds is 8. The molecule has 2 aromatic rings. The van der Waals surface area contributed by atoms with E-state index in [-0.39, 0.29) is 11.8 Å². The summed E-state index contributed by atoms with van der Waals surface area (Å²) in [4.78, 5) is 13.1. The third kappa shape index (κ3) is 4.83. The molecule has 0 aromatic heterocycles. The van der Waals surface area contributed by atoms with E-state index in [1.165, 1.54) is 11.1 Å². The lowest BCUT2D eigenvalue weighted by molar-refractivity contribution is -0.137. The number of aliphatic carboxylic acids is 1. The van der Waals surface area contributed by atoms with Gasteiger partial charge in [0.2, 0.25) is 0 Å². The van der Waals surface area contributed by atoms with E-state index >= 15 is 0 Å². The van der Waals surface area contributed by atoms with Gasteiger partial charge in [0.1, 0.15) is 18.1 Å². The minimum Gasteiger partial charge on any atom is -0.492 e. The molecule has 6 heteroatoms. The van der Waals surface area contributed by atoms with Crippen LogP contribution < -0.4 is 9.47 Å². The summed E-state index contributed by atoms with van der Waals surface area (Å²) in [7, 11) is 0. The first-order chi connectivity index (χ1) is 15.0. The van der Waals surface area contributed by atoms with Gasteiger partial charge in [-0.3, -0.25) is 4.79 Å². The number of ether oxygens (including phenoxy) is 2. The van der Waals surface area contributed by atoms with E-state index < -0.39 is 5.97 Å². The van der Waals surface area contributed by atoms with Crippen LogP contribution in [0, 0.1) is 0 Å². The van der Waals surface area contributed by atoms with Gasteiger partial charge in [-0.1, -0.05) is 36.7 Å². The van der Waals surface area contributed by atoms with Gasteiger partial charge < -0.3 is 19.5 Å². The summed E-state index contributed by atoms with van der Waals surface area (Å²) in [5, 5.41) is 9.57. The Morgan fingerprint density at radius 1 is 1.26 bits per heavy atom. The zero-order valence-corrected chi connectivity index (χ0v) is 18.8. The van der Waals surface area contributed by atoms with Crippen molar-refractivity contribution in [3.63, 3.8) is 0 Å². The number of benzene rings is 2. The monoisotopic (exact) mass is 443 g/mol. The fourth-order valence-electron chi connectivity index (χ4n) is 4.77. The molecule has 0 aliphatic carbocycles. The molecular formula is C25H30ClNO4. The quantitative estimate of drug-likeness (QED) is 0.617. The molecule has 0 unspecified atom stereocenters. The Balaban J connectivity index is 1.38. The summed E-state index contributed by atoms with van der Waals surface area (Å²) in [6.45, 7) is 6.08. The van der Waals surface area contributed by atoms with E-state index in [0.29, 0.717) is 19.6 Å². The van der Waals surface area contributed by atoms with Gasteiger partial charge in [0.25, 0.3) is 0 Å². The van der Waals surface area contributed by atoms with Crippen molar-refractivity contribution in [2.75, 3.05) is 26.2 Å². The highest BCUT2D eigenvalue weighted by Crippen LogP contribution is 2.46. The van der Waals surface area contributed by atoms with Crippen LogP contribution in [0.1, 0.15) is 49.3 Å². The molecule has 0 bridgehead atoms. The van der Waals surface area contributed by atoms with Crippen LogP contribution in [0.15, 0.2) is 36.4 Å². The molecule has 0 saturated carbocycles. The average Bonchev–Trinajstić information content (AvgIpc) is 3.11. The van der Waals surface area contributed by atoms with E-state index in [9.17, 15) is 4.79 Å². The van der Waals surface area contributed by atoms with Gasteiger partial charge in [0.15, 0.2) is 0 Å². The molecular weight excluding hydrogens is 414 g/mol. The van der Waals surface area contributed by atoms with Gasteiger partial charge in [-0.2, -0.15) is 0 Å². The molecule has 1 N–H and O–H groups in total. The zero-order valence-electron chi connectivity index (χ0n) is 18.0. The smallest absolute Gasteiger partial charge is 0.303 e. The Labute approximate surface area is 188 Å². The fourth-order valence-corrected chi connectivity index (χ4v) is 5.02. The van der Waals surface area contributed by atoms with Crippen molar-refractivity contribution in [3.05, 3.63) is 58.1 Å². The van der Waals surface area contributed by atoms with Crippen molar-refractivity contribution < 1.29 is 19.4 Å². The van der Waals surface area contributed by atoms with Crippen LogP contribution in [0.3, 0.4) is 0 Å². The van der Waals surface area contributed by atoms with Crippen LogP contribution in [0.2, 0.25) is 5.02 Å². The Morgan fingerprint density at radius 3 is 2.81 bits per heavy atom. The highest BCUT2D eigenvalue weighted by molar-refractivity contribution is 6.31. The highest BCUT2D eigenvalue weighted by Gasteiger charge is 2.43. The lowest BCUT2D eigenvalue weighted by atomic mass is 9.74. The number of carbonyl (C=O) groups is 1. The summed E-state index contributed by atoms with van der Waals surface area (Å²) in [6.07, 6.45) is 3.94. The van der Waals surface area contributed by atoms with Crippen molar-refractivity contribution in [3.8, 4) is 11.5 Å². The average molecular weight is 444 g/mol. The Hall–Kier alpha value is -2.24. The van der Waals surface area contributed by atoms with Gasteiger partial charge in [-0.25, -0.2) is 0 Å². The van der Waals surface area contributed by atoms with E-state index in [4.69, 9.17) is 26.2 Å². The number of piperidine rings is 1. The van der Waals surface area contributed by atoms with Crippen LogP contribution in [-0.4, -0.2) is 42.2 Å². The maximum atomic E-state index is 10.7. The Bertz CT molecular complexity index is 937. The molecule has 0 radical (unpaired) electrons. The van der Waals surface area contributed by atoms with Crippen LogP contribution in [0.25, 0.3) is 0 Å². The molecule has 5 nitrogen and oxygen atoms in total. The van der Waals surface area contributed by atoms with Gasteiger partial charge in [0.05, 0.1) is 6.61 Å². The molecule has 2 heterocycles. The van der Waals surface area contributed by atoms with Crippen LogP contribution >= 0.6 is 11.6 Å². The number of hydrogen-bond acceptors (Lipinski definition) is 4. The third-order valence-electron chi connectivity index (χ3n) is 6.69. The lowest BCUT2D eigenvalue weighted by Crippen LogP contribution is -2.43. The Morgan fingerprint density at radius 2 is 2.06 bits per heavy atom. The molecule has 1 fully saturated rings. The number of carboxylic acid groups (broad SMARTS) is 1. The number of nitrogens with zero attached hydrogens (tertiary/aromatic N) is 1. The number of aryl methyl sites for hydroxylation is 1. The van der Waals surface area contributed by atoms with Gasteiger partial charge in [0, 0.05) is 34.1 Å². The van der Waals surface area contributed by atoms with Gasteiger partial charge >= 0.3 is 5.97 Å². The summed E-state index contributed by atoms with van der Waals surface area (Å²) in [6, 6.07) is 12.2. The van der Waals surface area contributed by atoms with Crippen molar-refractivity contribution in [1.29, 1.82) is 0 Å². The van der Waals surface area contributed by atoms with Crippen LogP contribution in [-0.2, 0) is 23.2 Å². The largest absolute Gasteiger partial charge is 0.492 e. The second-order valence-corrected chi connectivity index (χ2v) is 8.99. The fraction of sp³-hybridized carbons (Fsp3) is 0.480. The number of halogens is 1. The third-order valence-corrected chi connectivity index (χ3v) is 7.04. The van der Waals surface area contributed by atoms with E-state index in [0.717, 1.165) is 61.0 Å². The second-order valence-electron chi connectivity index (χ2n) is 8.59. The molecule has 2 aliphatic heterocycles. The van der Waals surface area contributed by atoms with Gasteiger partial charge in [-0.05, 0) is 63.0 Å². The topological polar surface area (TPSA) is 59.0 Å². The molecule has 2 aliphatic rings. The predicted molar refractivity (Wildman–Crippen MR) is 121 cm³/mol. The minimum atomic E-state index is -0.718. The minimum absolute atomic E-state index is 0.0648. The standard InChI is InChI=1S/C25H30ClNO4/c1-2-18-5-3-6-22(26)20(18)16-30-19-8-9-21-23(15-19)31-17-25(21)10-13-27(14-11-25)12-4-7-24(28)29/h3,5-6,8-9,15H,2,4,7,10-14,16-17H2,1H3,(H,28,29). The van der Waals surface area contributed by atoms with Crippen molar-refractivity contribution >= 4 is 17.6 Å². The lowest BCUT2D eigenvalue weighted by Gasteiger charge is -2.38. The number of carboxylic acids is 1.